The highest BCUT2D eigenvalue weighted by Gasteiger charge is 2.32. The molecule has 1 amide bonds. The average molecular weight is 449 g/mol. The van der Waals surface area contributed by atoms with E-state index in [9.17, 15) is 9.59 Å². The Balaban J connectivity index is 1.33. The van der Waals surface area contributed by atoms with Crippen molar-refractivity contribution in [3.63, 3.8) is 0 Å². The lowest BCUT2D eigenvalue weighted by atomic mass is 10.1. The summed E-state index contributed by atoms with van der Waals surface area (Å²) in [6.07, 6.45) is 2.34. The lowest BCUT2D eigenvalue weighted by Gasteiger charge is -2.23. The summed E-state index contributed by atoms with van der Waals surface area (Å²) < 4.78 is 11.1. The van der Waals surface area contributed by atoms with Gasteiger partial charge >= 0.3 is 5.97 Å². The van der Waals surface area contributed by atoms with Gasteiger partial charge in [0.15, 0.2) is 0 Å². The molecule has 4 rings (SSSR count). The molecule has 2 aromatic carbocycles. The van der Waals surface area contributed by atoms with Gasteiger partial charge in [-0.15, -0.1) is 0 Å². The number of carboxylic acids is 1. The Morgan fingerprint density at radius 1 is 1.15 bits per heavy atom. The van der Waals surface area contributed by atoms with Crippen LogP contribution in [0.3, 0.4) is 0 Å². The minimum absolute atomic E-state index is 0.00598. The standard InChI is InChI=1S/C26H28N2O5/c1-18-4-2-5-21(14-18)32-17-20-9-7-19(8-10-20)15-25(29)28-13-3-6-24(28)23-16-22(33-27-23)11-12-26(30)31/h2,4-5,7-10,14,16,24H,3,6,11-13,15,17H2,1H3,(H,30,31). The maximum Gasteiger partial charge on any atom is 0.303 e. The van der Waals surface area contributed by atoms with Gasteiger partial charge in [0.1, 0.15) is 23.8 Å². The zero-order valence-corrected chi connectivity index (χ0v) is 18.7. The minimum Gasteiger partial charge on any atom is -0.489 e. The first-order chi connectivity index (χ1) is 16.0. The van der Waals surface area contributed by atoms with Crippen molar-refractivity contribution in [1.82, 2.24) is 10.1 Å². The maximum absolute atomic E-state index is 13.0. The van der Waals surface area contributed by atoms with Crippen LogP contribution in [0.15, 0.2) is 59.1 Å². The fourth-order valence-corrected chi connectivity index (χ4v) is 4.11. The van der Waals surface area contributed by atoms with E-state index >= 15 is 0 Å². The number of nitrogens with zero attached hydrogens (tertiary/aromatic N) is 2. The third kappa shape index (κ3) is 6.00. The van der Waals surface area contributed by atoms with Gasteiger partial charge in [0.05, 0.1) is 18.9 Å². The van der Waals surface area contributed by atoms with Gasteiger partial charge in [-0.2, -0.15) is 0 Å². The zero-order chi connectivity index (χ0) is 23.2. The molecule has 1 aliphatic rings. The number of hydrogen-bond donors (Lipinski definition) is 1. The maximum atomic E-state index is 13.0. The summed E-state index contributed by atoms with van der Waals surface area (Å²) in [5.41, 5.74) is 3.85. The Morgan fingerprint density at radius 2 is 1.94 bits per heavy atom. The number of likely N-dealkylation sites (tertiary alicyclic amines) is 1. The first-order valence-corrected chi connectivity index (χ1v) is 11.2. The highest BCUT2D eigenvalue weighted by atomic mass is 16.5. The topological polar surface area (TPSA) is 92.9 Å². The van der Waals surface area contributed by atoms with Crippen molar-refractivity contribution >= 4 is 11.9 Å². The van der Waals surface area contributed by atoms with Gasteiger partial charge in [-0.1, -0.05) is 41.6 Å². The van der Waals surface area contributed by atoms with E-state index in [0.717, 1.165) is 35.3 Å². The quantitative estimate of drug-likeness (QED) is 0.519. The van der Waals surface area contributed by atoms with Crippen molar-refractivity contribution in [2.45, 2.75) is 51.7 Å². The molecular weight excluding hydrogens is 420 g/mol. The molecule has 1 aliphatic heterocycles. The predicted octanol–water partition coefficient (Wildman–Crippen LogP) is 4.49. The molecule has 172 valence electrons. The molecule has 33 heavy (non-hydrogen) atoms. The van der Waals surface area contributed by atoms with Crippen LogP contribution in [0.1, 0.15) is 53.4 Å². The molecule has 0 spiro atoms. The third-order valence-corrected chi connectivity index (χ3v) is 5.85. The number of hydrogen-bond acceptors (Lipinski definition) is 5. The second-order valence-electron chi connectivity index (χ2n) is 8.46. The first-order valence-electron chi connectivity index (χ1n) is 11.2. The largest absolute Gasteiger partial charge is 0.489 e. The highest BCUT2D eigenvalue weighted by Crippen LogP contribution is 2.32. The highest BCUT2D eigenvalue weighted by molar-refractivity contribution is 5.79. The Labute approximate surface area is 193 Å². The van der Waals surface area contributed by atoms with Gasteiger partial charge in [-0.25, -0.2) is 0 Å². The van der Waals surface area contributed by atoms with Crippen LogP contribution in [0, 0.1) is 6.92 Å². The summed E-state index contributed by atoms with van der Waals surface area (Å²) in [7, 11) is 0. The van der Waals surface area contributed by atoms with Crippen molar-refractivity contribution in [2.24, 2.45) is 0 Å². The number of carbonyl (C=O) groups is 2. The molecule has 7 heteroatoms. The van der Waals surface area contributed by atoms with Crippen LogP contribution in [0.5, 0.6) is 5.75 Å². The number of aryl methyl sites for hydroxylation is 2. The summed E-state index contributed by atoms with van der Waals surface area (Å²) in [5, 5.41) is 12.9. The summed E-state index contributed by atoms with van der Waals surface area (Å²) in [6, 6.07) is 17.5. The van der Waals surface area contributed by atoms with Crippen molar-refractivity contribution in [3.8, 4) is 5.75 Å². The number of rotatable bonds is 9. The van der Waals surface area contributed by atoms with E-state index in [1.807, 2.05) is 60.4 Å². The fourth-order valence-electron chi connectivity index (χ4n) is 4.11. The Morgan fingerprint density at radius 3 is 2.70 bits per heavy atom. The molecule has 1 fully saturated rings. The number of aromatic nitrogens is 1. The smallest absolute Gasteiger partial charge is 0.303 e. The molecule has 1 aromatic heterocycles. The molecule has 0 bridgehead atoms. The van der Waals surface area contributed by atoms with Gasteiger partial charge in [0.25, 0.3) is 0 Å². The lowest BCUT2D eigenvalue weighted by molar-refractivity contribution is -0.137. The molecule has 0 radical (unpaired) electrons. The van der Waals surface area contributed by atoms with Crippen molar-refractivity contribution in [1.29, 1.82) is 0 Å². The molecule has 1 saturated heterocycles. The predicted molar refractivity (Wildman–Crippen MR) is 122 cm³/mol. The Bertz CT molecular complexity index is 1110. The van der Waals surface area contributed by atoms with Crippen LogP contribution in [0.4, 0.5) is 0 Å². The number of carboxylic acid groups (broad SMARTS) is 1. The van der Waals surface area contributed by atoms with E-state index < -0.39 is 5.97 Å². The van der Waals surface area contributed by atoms with Crippen LogP contribution in [0.2, 0.25) is 0 Å². The first kappa shape index (κ1) is 22.6. The number of aliphatic carboxylic acids is 1. The van der Waals surface area contributed by atoms with Crippen molar-refractivity contribution in [2.75, 3.05) is 6.54 Å². The molecule has 2 heterocycles. The number of carbonyl (C=O) groups excluding carboxylic acids is 1. The van der Waals surface area contributed by atoms with Gasteiger partial charge in [0.2, 0.25) is 5.91 Å². The van der Waals surface area contributed by atoms with Crippen LogP contribution in [0.25, 0.3) is 0 Å². The van der Waals surface area contributed by atoms with E-state index in [1.54, 1.807) is 6.07 Å². The van der Waals surface area contributed by atoms with Crippen LogP contribution < -0.4 is 4.74 Å². The summed E-state index contributed by atoms with van der Waals surface area (Å²) in [6.45, 7) is 3.19. The number of ether oxygens (including phenoxy) is 1. The Kier molecular flexibility index (Phi) is 7.07. The minimum atomic E-state index is -0.877. The van der Waals surface area contributed by atoms with E-state index in [-0.39, 0.29) is 18.4 Å². The van der Waals surface area contributed by atoms with Crippen molar-refractivity contribution < 1.29 is 24.0 Å². The molecule has 3 aromatic rings. The SMILES string of the molecule is Cc1cccc(OCc2ccc(CC(=O)N3CCCC3c3cc(CCC(=O)O)on3)cc2)c1. The summed E-state index contributed by atoms with van der Waals surface area (Å²) >= 11 is 0. The molecule has 1 N–H and O–H groups in total. The van der Waals surface area contributed by atoms with Crippen molar-refractivity contribution in [3.05, 3.63) is 82.7 Å². The zero-order valence-electron chi connectivity index (χ0n) is 18.7. The summed E-state index contributed by atoms with van der Waals surface area (Å²) in [5.74, 6) is 0.554. The Hall–Kier alpha value is -3.61. The average Bonchev–Trinajstić information content (AvgIpc) is 3.47. The second kappa shape index (κ2) is 10.3. The molecule has 1 atom stereocenters. The van der Waals surface area contributed by atoms with Crippen LogP contribution >= 0.6 is 0 Å². The third-order valence-electron chi connectivity index (χ3n) is 5.85. The van der Waals surface area contributed by atoms with Gasteiger partial charge in [-0.3, -0.25) is 9.59 Å². The van der Waals surface area contributed by atoms with Crippen LogP contribution in [-0.4, -0.2) is 33.6 Å². The monoisotopic (exact) mass is 448 g/mol. The number of benzene rings is 2. The van der Waals surface area contributed by atoms with Gasteiger partial charge in [0, 0.05) is 19.0 Å². The summed E-state index contributed by atoms with van der Waals surface area (Å²) in [4.78, 5) is 25.6. The van der Waals surface area contributed by atoms with E-state index in [0.29, 0.717) is 37.4 Å². The molecular formula is C26H28N2O5. The lowest BCUT2D eigenvalue weighted by Crippen LogP contribution is -2.32. The van der Waals surface area contributed by atoms with Gasteiger partial charge in [-0.05, 0) is 48.6 Å². The van der Waals surface area contributed by atoms with Crippen LogP contribution in [-0.2, 0) is 29.0 Å². The van der Waals surface area contributed by atoms with E-state index in [2.05, 4.69) is 5.16 Å². The molecule has 0 saturated carbocycles. The molecule has 7 nitrogen and oxygen atoms in total. The molecule has 1 unspecified atom stereocenters. The van der Waals surface area contributed by atoms with E-state index in [4.69, 9.17) is 14.4 Å². The molecule has 0 aliphatic carbocycles. The van der Waals surface area contributed by atoms with E-state index in [1.165, 1.54) is 0 Å². The normalized spacial score (nSPS) is 15.5. The number of amides is 1. The second-order valence-corrected chi connectivity index (χ2v) is 8.46. The fraction of sp³-hybridized carbons (Fsp3) is 0.346. The van der Waals surface area contributed by atoms with Gasteiger partial charge < -0.3 is 19.3 Å².